The molecule has 0 N–H and O–H groups in total. The van der Waals surface area contributed by atoms with Crippen LogP contribution in [0.3, 0.4) is 0 Å². The Morgan fingerprint density at radius 2 is 1.20 bits per heavy atom. The fourth-order valence-electron chi connectivity index (χ4n) is 4.46. The molecule has 14 heteroatoms. The van der Waals surface area contributed by atoms with Gasteiger partial charge in [-0.25, -0.2) is 9.97 Å². The van der Waals surface area contributed by atoms with Crippen LogP contribution in [-0.4, -0.2) is 41.6 Å². The molecule has 0 aliphatic rings. The summed E-state index contributed by atoms with van der Waals surface area (Å²) in [5, 5.41) is 8.39. The highest BCUT2D eigenvalue weighted by atomic mass is 35.5. The first-order chi connectivity index (χ1) is 26.7. The van der Waals surface area contributed by atoms with E-state index in [0.717, 1.165) is 16.8 Å². The topological polar surface area (TPSA) is 126 Å². The number of pyridine rings is 3. The van der Waals surface area contributed by atoms with Crippen molar-refractivity contribution in [2.45, 2.75) is 39.0 Å². The molecule has 0 fully saturated rings. The molecule has 10 nitrogen and oxygen atoms in total. The molecule has 0 radical (unpaired) electrons. The minimum Gasteiger partial charge on any atom is -0.405 e. The Morgan fingerprint density at radius 1 is 0.655 bits per heavy atom. The minimum absolute atomic E-state index is 0.0255. The molecule has 0 saturated heterocycles. The number of hydrogen-bond donors (Lipinski definition) is 0. The molecule has 5 aromatic heterocycles. The van der Waals surface area contributed by atoms with E-state index in [1.54, 1.807) is 43.0 Å². The average Bonchev–Trinajstić information content (AvgIpc) is 3.88. The van der Waals surface area contributed by atoms with Gasteiger partial charge in [-0.3, -0.25) is 4.98 Å². The predicted octanol–water partition coefficient (Wildman–Crippen LogP) is 9.17. The normalized spacial score (nSPS) is 10.3. The second-order valence-corrected chi connectivity index (χ2v) is 11.5. The number of para-hydroxylation sites is 1. The second kappa shape index (κ2) is 20.4. The highest BCUT2D eigenvalue weighted by molar-refractivity contribution is 6.30. The van der Waals surface area contributed by atoms with E-state index in [9.17, 15) is 13.2 Å². The van der Waals surface area contributed by atoms with Crippen LogP contribution < -0.4 is 4.74 Å². The summed E-state index contributed by atoms with van der Waals surface area (Å²) >= 11 is 6.02. The van der Waals surface area contributed by atoms with Gasteiger partial charge in [-0.15, -0.1) is 13.2 Å². The maximum absolute atomic E-state index is 12.5. The van der Waals surface area contributed by atoms with Crippen LogP contribution in [0.5, 0.6) is 5.75 Å². The molecule has 276 valence electrons. The largest absolute Gasteiger partial charge is 0.573 e. The van der Waals surface area contributed by atoms with Crippen molar-refractivity contribution in [3.63, 3.8) is 0 Å². The van der Waals surface area contributed by atoms with Gasteiger partial charge in [0.15, 0.2) is 0 Å². The quantitative estimate of drug-likeness (QED) is 0.145. The van der Waals surface area contributed by atoms with E-state index in [1.165, 1.54) is 18.2 Å². The number of benzene rings is 2. The van der Waals surface area contributed by atoms with Gasteiger partial charge in [0, 0.05) is 61.1 Å². The molecule has 0 spiro atoms. The van der Waals surface area contributed by atoms with Gasteiger partial charge < -0.3 is 13.8 Å². The molecular weight excluding hydrogens is 731 g/mol. The zero-order chi connectivity index (χ0) is 38.7. The van der Waals surface area contributed by atoms with Crippen molar-refractivity contribution in [1.82, 2.24) is 35.2 Å². The minimum atomic E-state index is -4.80. The lowest BCUT2D eigenvalue weighted by molar-refractivity contribution is -0.274. The second-order valence-electron chi connectivity index (χ2n) is 11.1. The van der Waals surface area contributed by atoms with Crippen LogP contribution in [0.15, 0.2) is 131 Å². The maximum atomic E-state index is 12.5. The van der Waals surface area contributed by atoms with Gasteiger partial charge in [0.2, 0.25) is 23.4 Å². The molecule has 0 unspecified atom stereocenters. The van der Waals surface area contributed by atoms with Crippen LogP contribution >= 0.6 is 11.6 Å². The molecule has 0 aliphatic heterocycles. The molecule has 0 amide bonds. The average molecular weight is 762 g/mol. The van der Waals surface area contributed by atoms with Crippen molar-refractivity contribution < 1.29 is 27.0 Å². The summed E-state index contributed by atoms with van der Waals surface area (Å²) in [7, 11) is 0. The fraction of sp³-hybridized carbons (Fsp3) is 0.146. The van der Waals surface area contributed by atoms with Gasteiger partial charge in [-0.2, -0.15) is 9.97 Å². The smallest absolute Gasteiger partial charge is 0.405 e. The van der Waals surface area contributed by atoms with Crippen molar-refractivity contribution in [3.05, 3.63) is 156 Å². The Morgan fingerprint density at radius 3 is 1.71 bits per heavy atom. The third-order valence-corrected chi connectivity index (χ3v) is 7.22. The van der Waals surface area contributed by atoms with E-state index in [4.69, 9.17) is 20.6 Å². The van der Waals surface area contributed by atoms with Crippen LogP contribution in [-0.2, 0) is 12.8 Å². The van der Waals surface area contributed by atoms with E-state index >= 15 is 0 Å². The van der Waals surface area contributed by atoms with E-state index in [2.05, 4.69) is 63.7 Å². The number of ether oxygens (including phenoxy) is 1. The van der Waals surface area contributed by atoms with E-state index < -0.39 is 6.36 Å². The Labute approximate surface area is 319 Å². The lowest BCUT2D eigenvalue weighted by atomic mass is 10.1. The lowest BCUT2D eigenvalue weighted by Crippen LogP contribution is -2.17. The van der Waals surface area contributed by atoms with Gasteiger partial charge in [0.1, 0.15) is 17.1 Å². The summed E-state index contributed by atoms with van der Waals surface area (Å²) in [5.41, 5.74) is 3.44. The van der Waals surface area contributed by atoms with Gasteiger partial charge in [-0.1, -0.05) is 70.2 Å². The molecular formula is C41H31ClF3N7O3. The first-order valence-corrected chi connectivity index (χ1v) is 17.0. The molecule has 0 aliphatic carbocycles. The third kappa shape index (κ3) is 13.6. The van der Waals surface area contributed by atoms with Crippen LogP contribution in [0.1, 0.15) is 41.6 Å². The Bertz CT molecular complexity index is 2320. The van der Waals surface area contributed by atoms with Crippen molar-refractivity contribution in [1.29, 1.82) is 0 Å². The molecule has 5 heterocycles. The molecule has 7 rings (SSSR count). The van der Waals surface area contributed by atoms with Gasteiger partial charge in [-0.05, 0) is 85.0 Å². The zero-order valence-electron chi connectivity index (χ0n) is 29.2. The fourth-order valence-corrected chi connectivity index (χ4v) is 4.63. The van der Waals surface area contributed by atoms with Crippen LogP contribution in [0, 0.1) is 30.6 Å². The molecule has 0 bridgehead atoms. The SMILES string of the molecule is Cc1ccc(Cl)cc1-c1noc(CCC#Cc2ccccn2)n1.FC(F)(F)Oc1ccccc1-c1noc(CCC#Cc2ccccn2)n1.c1ccncc1. The predicted molar refractivity (Wildman–Crippen MR) is 199 cm³/mol. The number of rotatable bonds is 7. The summed E-state index contributed by atoms with van der Waals surface area (Å²) in [6.45, 7) is 1.99. The summed E-state index contributed by atoms with van der Waals surface area (Å²) in [5.74, 6) is 12.9. The van der Waals surface area contributed by atoms with Gasteiger partial charge in [0.25, 0.3) is 0 Å². The maximum Gasteiger partial charge on any atom is 0.573 e. The number of halogens is 4. The summed E-state index contributed by atoms with van der Waals surface area (Å²) in [6.07, 6.45) is 4.12. The number of nitrogens with zero attached hydrogens (tertiary/aromatic N) is 7. The molecule has 0 saturated carbocycles. The standard InChI is InChI=1S/C18H14ClN3O.C18H12F3N3O2.C5H5N/c1-13-9-10-14(19)12-16(13)18-21-17(23-22-18)8-3-2-6-15-7-4-5-11-20-15;19-18(20,21)25-15-10-3-2-9-14(15)17-23-16(26-24-17)11-4-1-7-13-8-5-6-12-22-13;1-2-4-6-5-3-1/h4-5,7,9-12H,3,8H2,1H3;2-3,5-6,8-10,12H,4,11H2;1-5H. The van der Waals surface area contributed by atoms with Crippen molar-refractivity contribution >= 4 is 11.6 Å². The number of aromatic nitrogens is 7. The van der Waals surface area contributed by atoms with Crippen LogP contribution in [0.4, 0.5) is 13.2 Å². The lowest BCUT2D eigenvalue weighted by Gasteiger charge is -2.10. The summed E-state index contributed by atoms with van der Waals surface area (Å²) in [6, 6.07) is 28.0. The van der Waals surface area contributed by atoms with Crippen molar-refractivity contribution in [2.75, 3.05) is 0 Å². The van der Waals surface area contributed by atoms with E-state index in [-0.39, 0.29) is 23.0 Å². The molecule has 55 heavy (non-hydrogen) atoms. The number of hydrogen-bond acceptors (Lipinski definition) is 10. The highest BCUT2D eigenvalue weighted by Crippen LogP contribution is 2.32. The van der Waals surface area contributed by atoms with E-state index in [0.29, 0.717) is 48.1 Å². The van der Waals surface area contributed by atoms with Gasteiger partial charge in [0.05, 0.1) is 5.56 Å². The Balaban J connectivity index is 0.000000184. The summed E-state index contributed by atoms with van der Waals surface area (Å²) < 4.78 is 51.8. The number of aryl methyl sites for hydroxylation is 3. The first kappa shape index (κ1) is 39.4. The first-order valence-electron chi connectivity index (χ1n) is 16.6. The molecule has 2 aromatic carbocycles. The molecule has 0 atom stereocenters. The van der Waals surface area contributed by atoms with Crippen molar-refractivity contribution in [3.8, 4) is 52.2 Å². The van der Waals surface area contributed by atoms with Gasteiger partial charge >= 0.3 is 6.36 Å². The Kier molecular flexibility index (Phi) is 14.6. The summed E-state index contributed by atoms with van der Waals surface area (Å²) in [4.78, 5) is 20.5. The Hall–Kier alpha value is -6.83. The van der Waals surface area contributed by atoms with Crippen molar-refractivity contribution in [2.24, 2.45) is 0 Å². The zero-order valence-corrected chi connectivity index (χ0v) is 30.0. The van der Waals surface area contributed by atoms with Crippen LogP contribution in [0.25, 0.3) is 22.8 Å². The van der Waals surface area contributed by atoms with Crippen LogP contribution in [0.2, 0.25) is 5.02 Å². The monoisotopic (exact) mass is 761 g/mol. The number of alkyl halides is 3. The van der Waals surface area contributed by atoms with E-state index in [1.807, 2.05) is 67.6 Å². The molecule has 7 aromatic rings. The third-order valence-electron chi connectivity index (χ3n) is 6.99. The highest BCUT2D eigenvalue weighted by Gasteiger charge is 2.32.